The van der Waals surface area contributed by atoms with Gasteiger partial charge in [-0.25, -0.2) is 4.79 Å². The summed E-state index contributed by atoms with van der Waals surface area (Å²) in [4.78, 5) is 22.6. The van der Waals surface area contributed by atoms with Gasteiger partial charge in [-0.2, -0.15) is 0 Å². The maximum atomic E-state index is 11.6. The van der Waals surface area contributed by atoms with E-state index >= 15 is 0 Å². The molecule has 0 radical (unpaired) electrons. The third-order valence-corrected chi connectivity index (χ3v) is 2.66. The molecule has 21 heavy (non-hydrogen) atoms. The number of carbonyl (C=O) groups is 2. The highest BCUT2D eigenvalue weighted by Gasteiger charge is 2.03. The fourth-order valence-electron chi connectivity index (χ4n) is 1.49. The molecule has 1 aromatic rings. The lowest BCUT2D eigenvalue weighted by Crippen LogP contribution is -2.31. The first-order valence-electron chi connectivity index (χ1n) is 6.99. The predicted octanol–water partition coefficient (Wildman–Crippen LogP) is 1.98. The number of ether oxygens (including phenoxy) is 1. The molecule has 0 saturated heterocycles. The third-order valence-electron chi connectivity index (χ3n) is 2.66. The van der Waals surface area contributed by atoms with Crippen LogP contribution in [0.5, 0.6) is 5.75 Å². The molecule has 1 aromatic carbocycles. The summed E-state index contributed by atoms with van der Waals surface area (Å²) in [6.45, 7) is 5.02. The van der Waals surface area contributed by atoms with Gasteiger partial charge < -0.3 is 20.7 Å². The van der Waals surface area contributed by atoms with Crippen molar-refractivity contribution in [2.45, 2.75) is 20.3 Å². The van der Waals surface area contributed by atoms with Gasteiger partial charge in [0.15, 0.2) is 0 Å². The topological polar surface area (TPSA) is 79.5 Å². The lowest BCUT2D eigenvalue weighted by Gasteiger charge is -2.10. The number of benzene rings is 1. The minimum absolute atomic E-state index is 0.0601. The molecule has 1 rings (SSSR count). The molecule has 0 atom stereocenters. The fraction of sp³-hybridized carbons (Fsp3) is 0.467. The van der Waals surface area contributed by atoms with E-state index in [1.165, 1.54) is 0 Å². The largest absolute Gasteiger partial charge is 0.493 e. The molecule has 6 heteroatoms. The predicted molar refractivity (Wildman–Crippen MR) is 82.5 cm³/mol. The van der Waals surface area contributed by atoms with Crippen molar-refractivity contribution in [1.29, 1.82) is 0 Å². The lowest BCUT2D eigenvalue weighted by molar-refractivity contribution is -0.121. The van der Waals surface area contributed by atoms with Crippen molar-refractivity contribution in [3.05, 3.63) is 24.3 Å². The Hall–Kier alpha value is -2.24. The number of urea groups is 1. The molecular weight excluding hydrogens is 270 g/mol. The molecule has 0 aliphatic carbocycles. The summed E-state index contributed by atoms with van der Waals surface area (Å²) in [5.41, 5.74) is 0.690. The van der Waals surface area contributed by atoms with E-state index < -0.39 is 0 Å². The Kier molecular flexibility index (Phi) is 7.08. The van der Waals surface area contributed by atoms with Crippen LogP contribution in [0, 0.1) is 5.92 Å². The van der Waals surface area contributed by atoms with Gasteiger partial charge in [-0.15, -0.1) is 0 Å². The lowest BCUT2D eigenvalue weighted by atomic mass is 10.2. The molecule has 0 heterocycles. The van der Waals surface area contributed by atoms with Crippen molar-refractivity contribution in [1.82, 2.24) is 10.6 Å². The van der Waals surface area contributed by atoms with Crippen molar-refractivity contribution in [3.8, 4) is 5.75 Å². The molecule has 0 aliphatic rings. The van der Waals surface area contributed by atoms with Gasteiger partial charge in [0.1, 0.15) is 5.75 Å². The van der Waals surface area contributed by atoms with Gasteiger partial charge in [0.25, 0.3) is 0 Å². The van der Waals surface area contributed by atoms with Crippen LogP contribution in [-0.4, -0.2) is 32.1 Å². The van der Waals surface area contributed by atoms with Gasteiger partial charge in [0, 0.05) is 19.3 Å². The second kappa shape index (κ2) is 8.84. The van der Waals surface area contributed by atoms with Crippen LogP contribution >= 0.6 is 0 Å². The van der Waals surface area contributed by atoms with Crippen LogP contribution in [0.3, 0.4) is 0 Å². The molecule has 3 amide bonds. The zero-order valence-electron chi connectivity index (χ0n) is 12.7. The SMILES string of the molecule is CNC(=O)CCOc1ccc(NC(=O)NCC(C)C)cc1. The molecule has 3 N–H and O–H groups in total. The average molecular weight is 293 g/mol. The number of hydrogen-bond donors (Lipinski definition) is 3. The number of anilines is 1. The Morgan fingerprint density at radius 2 is 1.86 bits per heavy atom. The molecule has 0 saturated carbocycles. The van der Waals surface area contributed by atoms with Crippen LogP contribution < -0.4 is 20.7 Å². The zero-order valence-corrected chi connectivity index (χ0v) is 12.7. The molecule has 0 bridgehead atoms. The number of rotatable bonds is 7. The van der Waals surface area contributed by atoms with Crippen LogP contribution in [0.25, 0.3) is 0 Å². The van der Waals surface area contributed by atoms with E-state index in [1.807, 2.05) is 13.8 Å². The number of hydrogen-bond acceptors (Lipinski definition) is 3. The number of nitrogens with one attached hydrogen (secondary N) is 3. The van der Waals surface area contributed by atoms with Crippen LogP contribution in [0.15, 0.2) is 24.3 Å². The van der Waals surface area contributed by atoms with E-state index in [0.717, 1.165) is 0 Å². The minimum atomic E-state index is -0.225. The van der Waals surface area contributed by atoms with Gasteiger partial charge in [0.2, 0.25) is 5.91 Å². The Balaban J connectivity index is 2.36. The van der Waals surface area contributed by atoms with Gasteiger partial charge in [-0.3, -0.25) is 4.79 Å². The van der Waals surface area contributed by atoms with Crippen molar-refractivity contribution in [2.24, 2.45) is 5.92 Å². The normalized spacial score (nSPS) is 10.1. The number of amides is 3. The van der Waals surface area contributed by atoms with E-state index in [1.54, 1.807) is 31.3 Å². The molecule has 0 spiro atoms. The first-order chi connectivity index (χ1) is 10.0. The van der Waals surface area contributed by atoms with E-state index in [4.69, 9.17) is 4.74 Å². The van der Waals surface area contributed by atoms with E-state index in [-0.39, 0.29) is 11.9 Å². The van der Waals surface area contributed by atoms with Crippen molar-refractivity contribution in [2.75, 3.05) is 25.5 Å². The van der Waals surface area contributed by atoms with Crippen molar-refractivity contribution in [3.63, 3.8) is 0 Å². The van der Waals surface area contributed by atoms with E-state index in [2.05, 4.69) is 16.0 Å². The van der Waals surface area contributed by atoms with Crippen LogP contribution in [0.1, 0.15) is 20.3 Å². The summed E-state index contributed by atoms with van der Waals surface area (Å²) in [5.74, 6) is 1.01. The van der Waals surface area contributed by atoms with E-state index in [0.29, 0.717) is 36.9 Å². The first kappa shape index (κ1) is 16.8. The summed E-state index contributed by atoms with van der Waals surface area (Å²) in [5, 5.41) is 8.04. The highest BCUT2D eigenvalue weighted by molar-refractivity contribution is 5.89. The number of carbonyl (C=O) groups excluding carboxylic acids is 2. The summed E-state index contributed by atoms with van der Waals surface area (Å²) < 4.78 is 5.43. The Morgan fingerprint density at radius 1 is 1.19 bits per heavy atom. The third kappa shape index (κ3) is 7.20. The quantitative estimate of drug-likeness (QED) is 0.719. The van der Waals surface area contributed by atoms with Gasteiger partial charge in [0.05, 0.1) is 13.0 Å². The fourth-order valence-corrected chi connectivity index (χ4v) is 1.49. The summed E-state index contributed by atoms with van der Waals surface area (Å²) in [7, 11) is 1.59. The monoisotopic (exact) mass is 293 g/mol. The Morgan fingerprint density at radius 3 is 2.43 bits per heavy atom. The molecule has 116 valence electrons. The van der Waals surface area contributed by atoms with Gasteiger partial charge >= 0.3 is 6.03 Å². The Labute approximate surface area is 125 Å². The smallest absolute Gasteiger partial charge is 0.319 e. The standard InChI is InChI=1S/C15H23N3O3/c1-11(2)10-17-15(20)18-12-4-6-13(7-5-12)21-9-8-14(19)16-3/h4-7,11H,8-10H2,1-3H3,(H,16,19)(H2,17,18,20). The summed E-state index contributed by atoms with van der Waals surface area (Å²) >= 11 is 0. The van der Waals surface area contributed by atoms with Crippen LogP contribution in [0.2, 0.25) is 0 Å². The highest BCUT2D eigenvalue weighted by Crippen LogP contribution is 2.15. The molecule has 0 fully saturated rings. The van der Waals surface area contributed by atoms with E-state index in [9.17, 15) is 9.59 Å². The molecule has 0 aliphatic heterocycles. The second-order valence-corrected chi connectivity index (χ2v) is 5.02. The minimum Gasteiger partial charge on any atom is -0.493 e. The average Bonchev–Trinajstić information content (AvgIpc) is 2.46. The second-order valence-electron chi connectivity index (χ2n) is 5.02. The summed E-state index contributed by atoms with van der Waals surface area (Å²) in [6.07, 6.45) is 0.314. The zero-order chi connectivity index (χ0) is 15.7. The summed E-state index contributed by atoms with van der Waals surface area (Å²) in [6, 6.07) is 6.79. The van der Waals surface area contributed by atoms with Crippen LogP contribution in [0.4, 0.5) is 10.5 Å². The maximum absolute atomic E-state index is 11.6. The highest BCUT2D eigenvalue weighted by atomic mass is 16.5. The molecular formula is C15H23N3O3. The molecule has 0 aromatic heterocycles. The van der Waals surface area contributed by atoms with Crippen LogP contribution in [-0.2, 0) is 4.79 Å². The van der Waals surface area contributed by atoms with Gasteiger partial charge in [-0.1, -0.05) is 13.8 Å². The Bertz CT molecular complexity index is 458. The van der Waals surface area contributed by atoms with Crippen molar-refractivity contribution < 1.29 is 14.3 Å². The first-order valence-corrected chi connectivity index (χ1v) is 6.99. The molecule has 6 nitrogen and oxygen atoms in total. The maximum Gasteiger partial charge on any atom is 0.319 e. The van der Waals surface area contributed by atoms with Gasteiger partial charge in [-0.05, 0) is 30.2 Å². The van der Waals surface area contributed by atoms with Crippen molar-refractivity contribution >= 4 is 17.6 Å². The molecule has 0 unspecified atom stereocenters.